The highest BCUT2D eigenvalue weighted by molar-refractivity contribution is 5.85. The number of methoxy groups -OCH3 is 2. The third-order valence-electron chi connectivity index (χ3n) is 4.29. The van der Waals surface area contributed by atoms with Crippen molar-refractivity contribution in [1.82, 2.24) is 5.32 Å². The van der Waals surface area contributed by atoms with Crippen LogP contribution in [0.3, 0.4) is 0 Å². The van der Waals surface area contributed by atoms with Crippen molar-refractivity contribution in [3.8, 4) is 17.2 Å². The Hall–Kier alpha value is -1.66. The highest BCUT2D eigenvalue weighted by Crippen LogP contribution is 2.31. The van der Waals surface area contributed by atoms with Crippen molar-refractivity contribution in [2.45, 2.75) is 19.3 Å². The first kappa shape index (κ1) is 20.4. The maximum Gasteiger partial charge on any atom is 0.223 e. The van der Waals surface area contributed by atoms with Crippen LogP contribution in [-0.2, 0) is 4.79 Å². The van der Waals surface area contributed by atoms with Gasteiger partial charge in [-0.25, -0.2) is 0 Å². The number of ether oxygens (including phenoxy) is 3. The maximum atomic E-state index is 12.2. The molecular weight excluding hydrogens is 332 g/mol. The van der Waals surface area contributed by atoms with Crippen LogP contribution in [0.25, 0.3) is 0 Å². The third kappa shape index (κ3) is 5.46. The molecule has 6 nitrogen and oxygen atoms in total. The number of benzene rings is 1. The van der Waals surface area contributed by atoms with Crippen LogP contribution < -0.4 is 25.3 Å². The van der Waals surface area contributed by atoms with E-state index in [0.717, 1.165) is 19.3 Å². The molecule has 0 saturated heterocycles. The molecule has 2 atom stereocenters. The molecule has 1 saturated carbocycles. The fourth-order valence-corrected chi connectivity index (χ4v) is 3.00. The van der Waals surface area contributed by atoms with Gasteiger partial charge in [0.05, 0.1) is 20.8 Å². The molecule has 0 spiro atoms. The van der Waals surface area contributed by atoms with Crippen LogP contribution in [0.1, 0.15) is 19.3 Å². The van der Waals surface area contributed by atoms with Gasteiger partial charge >= 0.3 is 0 Å². The summed E-state index contributed by atoms with van der Waals surface area (Å²) in [5.74, 6) is 2.44. The van der Waals surface area contributed by atoms with Crippen LogP contribution >= 0.6 is 12.4 Å². The summed E-state index contributed by atoms with van der Waals surface area (Å²) in [6, 6.07) is 5.35. The van der Waals surface area contributed by atoms with Crippen molar-refractivity contribution in [2.24, 2.45) is 17.6 Å². The molecule has 1 fully saturated rings. The summed E-state index contributed by atoms with van der Waals surface area (Å²) in [4.78, 5) is 12.2. The van der Waals surface area contributed by atoms with Crippen molar-refractivity contribution < 1.29 is 19.0 Å². The molecule has 7 heteroatoms. The van der Waals surface area contributed by atoms with Crippen molar-refractivity contribution in [1.29, 1.82) is 0 Å². The number of carbonyl (C=O) groups excluding carboxylic acids is 1. The highest BCUT2D eigenvalue weighted by atomic mass is 35.5. The molecule has 24 heavy (non-hydrogen) atoms. The number of hydrogen-bond acceptors (Lipinski definition) is 5. The average Bonchev–Trinajstić information content (AvgIpc) is 3.06. The van der Waals surface area contributed by atoms with E-state index in [9.17, 15) is 4.79 Å². The van der Waals surface area contributed by atoms with Crippen molar-refractivity contribution in [3.05, 3.63) is 18.2 Å². The second-order valence-electron chi connectivity index (χ2n) is 5.72. The molecule has 1 aromatic rings. The van der Waals surface area contributed by atoms with Gasteiger partial charge in [-0.3, -0.25) is 4.79 Å². The molecule has 1 aromatic carbocycles. The maximum absolute atomic E-state index is 12.2. The normalized spacial score (nSPS) is 19.3. The zero-order valence-corrected chi connectivity index (χ0v) is 15.1. The minimum absolute atomic E-state index is 0. The summed E-state index contributed by atoms with van der Waals surface area (Å²) < 4.78 is 16.0. The van der Waals surface area contributed by atoms with Gasteiger partial charge in [-0.1, -0.05) is 6.42 Å². The van der Waals surface area contributed by atoms with E-state index in [1.807, 2.05) is 0 Å². The van der Waals surface area contributed by atoms with Gasteiger partial charge in [-0.15, -0.1) is 12.4 Å². The molecule has 0 bridgehead atoms. The van der Waals surface area contributed by atoms with E-state index in [1.54, 1.807) is 32.4 Å². The minimum Gasteiger partial charge on any atom is -0.496 e. The SMILES string of the molecule is COc1cc(OC)cc(OCCNC(=O)[C@@H]2CCC[C@@H]2CN)c1.Cl. The van der Waals surface area contributed by atoms with Gasteiger partial charge < -0.3 is 25.3 Å². The molecule has 0 aliphatic heterocycles. The first-order valence-electron chi connectivity index (χ1n) is 8.01. The number of nitrogens with two attached hydrogens (primary N) is 1. The zero-order valence-electron chi connectivity index (χ0n) is 14.2. The molecule has 0 unspecified atom stereocenters. The van der Waals surface area contributed by atoms with Crippen molar-refractivity contribution >= 4 is 18.3 Å². The van der Waals surface area contributed by atoms with E-state index in [2.05, 4.69) is 5.32 Å². The largest absolute Gasteiger partial charge is 0.496 e. The fraction of sp³-hybridized carbons (Fsp3) is 0.588. The van der Waals surface area contributed by atoms with Crippen LogP contribution in [0, 0.1) is 11.8 Å². The predicted molar refractivity (Wildman–Crippen MR) is 95.2 cm³/mol. The number of carbonyl (C=O) groups is 1. The summed E-state index contributed by atoms with van der Waals surface area (Å²) >= 11 is 0. The first-order valence-corrected chi connectivity index (χ1v) is 8.01. The topological polar surface area (TPSA) is 82.8 Å². The molecule has 0 aromatic heterocycles. The van der Waals surface area contributed by atoms with Crippen molar-refractivity contribution in [2.75, 3.05) is 33.9 Å². The summed E-state index contributed by atoms with van der Waals surface area (Å²) in [7, 11) is 3.18. The zero-order chi connectivity index (χ0) is 16.7. The molecule has 3 N–H and O–H groups in total. The van der Waals surface area contributed by atoms with Crippen LogP contribution in [0.4, 0.5) is 0 Å². The molecule has 0 radical (unpaired) electrons. The van der Waals surface area contributed by atoms with Gasteiger partial charge in [-0.05, 0) is 25.3 Å². The van der Waals surface area contributed by atoms with Gasteiger partial charge in [0.1, 0.15) is 23.9 Å². The summed E-state index contributed by atoms with van der Waals surface area (Å²) in [5, 5.41) is 2.93. The number of halogens is 1. The Morgan fingerprint density at radius 1 is 1.17 bits per heavy atom. The number of nitrogens with one attached hydrogen (secondary N) is 1. The van der Waals surface area contributed by atoms with E-state index in [-0.39, 0.29) is 24.2 Å². The van der Waals surface area contributed by atoms with Crippen LogP contribution in [0.2, 0.25) is 0 Å². The van der Waals surface area contributed by atoms with Crippen molar-refractivity contribution in [3.63, 3.8) is 0 Å². The Labute approximate surface area is 149 Å². The van der Waals surface area contributed by atoms with E-state index >= 15 is 0 Å². The molecule has 1 amide bonds. The Bertz CT molecular complexity index is 505. The summed E-state index contributed by atoms with van der Waals surface area (Å²) in [5.41, 5.74) is 5.72. The smallest absolute Gasteiger partial charge is 0.223 e. The quantitative estimate of drug-likeness (QED) is 0.694. The minimum atomic E-state index is 0. The Morgan fingerprint density at radius 2 is 1.79 bits per heavy atom. The molecule has 1 aliphatic rings. The van der Waals surface area contributed by atoms with Gasteiger partial charge in [0.15, 0.2) is 0 Å². The number of rotatable bonds is 8. The van der Waals surface area contributed by atoms with E-state index in [4.69, 9.17) is 19.9 Å². The fourth-order valence-electron chi connectivity index (χ4n) is 3.00. The lowest BCUT2D eigenvalue weighted by Gasteiger charge is -2.17. The first-order chi connectivity index (χ1) is 11.2. The van der Waals surface area contributed by atoms with Gasteiger partial charge in [0.25, 0.3) is 0 Å². The molecule has 0 heterocycles. The lowest BCUT2D eigenvalue weighted by molar-refractivity contribution is -0.126. The lowest BCUT2D eigenvalue weighted by Crippen LogP contribution is -2.37. The second kappa shape index (κ2) is 10.3. The lowest BCUT2D eigenvalue weighted by atomic mass is 9.95. The summed E-state index contributed by atoms with van der Waals surface area (Å²) in [6.45, 7) is 1.44. The van der Waals surface area contributed by atoms with Gasteiger partial charge in [0, 0.05) is 24.1 Å². The second-order valence-corrected chi connectivity index (χ2v) is 5.72. The Kier molecular flexibility index (Phi) is 8.71. The number of amides is 1. The number of hydrogen-bond donors (Lipinski definition) is 2. The van der Waals surface area contributed by atoms with E-state index in [1.165, 1.54) is 0 Å². The molecule has 136 valence electrons. The third-order valence-corrected chi connectivity index (χ3v) is 4.29. The standard InChI is InChI=1S/C17H26N2O4.ClH/c1-21-13-8-14(22-2)10-15(9-13)23-7-6-19-17(20)16-5-3-4-12(16)11-18;/h8-10,12,16H,3-7,11,18H2,1-2H3,(H,19,20);1H/t12-,16-;/m1./s1. The predicted octanol–water partition coefficient (Wildman–Crippen LogP) is 2.00. The van der Waals surface area contributed by atoms with Crippen LogP contribution in [0.5, 0.6) is 17.2 Å². The van der Waals surface area contributed by atoms with Crippen LogP contribution in [-0.4, -0.2) is 39.8 Å². The van der Waals surface area contributed by atoms with Gasteiger partial charge in [0.2, 0.25) is 5.91 Å². The summed E-state index contributed by atoms with van der Waals surface area (Å²) in [6.07, 6.45) is 3.07. The highest BCUT2D eigenvalue weighted by Gasteiger charge is 2.31. The molecule has 1 aliphatic carbocycles. The monoisotopic (exact) mass is 358 g/mol. The molecular formula is C17H27ClN2O4. The molecule has 2 rings (SSSR count). The Balaban J connectivity index is 0.00000288. The Morgan fingerprint density at radius 3 is 2.38 bits per heavy atom. The van der Waals surface area contributed by atoms with E-state index in [0.29, 0.717) is 42.9 Å². The van der Waals surface area contributed by atoms with Gasteiger partial charge in [-0.2, -0.15) is 0 Å². The van der Waals surface area contributed by atoms with E-state index < -0.39 is 0 Å². The average molecular weight is 359 g/mol. The van der Waals surface area contributed by atoms with Crippen LogP contribution in [0.15, 0.2) is 18.2 Å².